The molecule has 25 heavy (non-hydrogen) atoms. The number of fused-ring (bicyclic) bond motifs is 1. The second-order valence-corrected chi connectivity index (χ2v) is 10.5. The molecular weight excluding hydrogens is 390 g/mol. The molecule has 1 aliphatic heterocycles. The van der Waals surface area contributed by atoms with Crippen LogP contribution in [-0.2, 0) is 29.5 Å². The predicted molar refractivity (Wildman–Crippen MR) is 93.3 cm³/mol. The molecular formula is C13H23N3O6S3. The van der Waals surface area contributed by atoms with E-state index in [0.29, 0.717) is 23.4 Å². The van der Waals surface area contributed by atoms with Gasteiger partial charge in [0.2, 0.25) is 10.0 Å². The van der Waals surface area contributed by atoms with Gasteiger partial charge in [-0.3, -0.25) is 0 Å². The molecule has 2 heterocycles. The average Bonchev–Trinajstić information content (AvgIpc) is 2.98. The second kappa shape index (κ2) is 7.96. The van der Waals surface area contributed by atoms with Crippen LogP contribution in [0.4, 0.5) is 0 Å². The van der Waals surface area contributed by atoms with E-state index in [1.807, 2.05) is 6.92 Å². The molecule has 0 radical (unpaired) electrons. The molecule has 9 nitrogen and oxygen atoms in total. The Morgan fingerprint density at radius 1 is 1.52 bits per heavy atom. The Labute approximate surface area is 152 Å². The molecule has 0 spiro atoms. The average molecular weight is 414 g/mol. The van der Waals surface area contributed by atoms with Crippen molar-refractivity contribution in [3.05, 3.63) is 11.6 Å². The van der Waals surface area contributed by atoms with Crippen molar-refractivity contribution in [3.8, 4) is 0 Å². The van der Waals surface area contributed by atoms with Gasteiger partial charge < -0.3 is 14.8 Å². The summed E-state index contributed by atoms with van der Waals surface area (Å²) >= 11 is 0.679. The number of nitrogens with zero attached hydrogens (tertiary/aromatic N) is 1. The quantitative estimate of drug-likeness (QED) is 0.577. The molecule has 0 saturated carbocycles. The molecule has 3 N–H and O–H groups in total. The summed E-state index contributed by atoms with van der Waals surface area (Å²) in [7, 11) is -6.28. The first kappa shape index (κ1) is 20.7. The molecule has 1 aliphatic rings. The smallest absolute Gasteiger partial charge is 0.253 e. The highest BCUT2D eigenvalue weighted by atomic mass is 32.3. The minimum atomic E-state index is -3.97. The molecule has 1 aromatic rings. The molecule has 0 fully saturated rings. The van der Waals surface area contributed by atoms with E-state index in [-0.39, 0.29) is 34.2 Å². The minimum absolute atomic E-state index is 0.00788. The Hall–Kier alpha value is -0.600. The second-order valence-electron chi connectivity index (χ2n) is 5.50. The van der Waals surface area contributed by atoms with Crippen molar-refractivity contribution in [2.45, 2.75) is 34.6 Å². The third-order valence-corrected chi connectivity index (χ3v) is 8.76. The van der Waals surface area contributed by atoms with E-state index >= 15 is 0 Å². The summed E-state index contributed by atoms with van der Waals surface area (Å²) in [5.41, 5.74) is 0.443. The summed E-state index contributed by atoms with van der Waals surface area (Å²) in [6.45, 7) is 4.70. The van der Waals surface area contributed by atoms with Gasteiger partial charge in [0.05, 0.1) is 6.61 Å². The van der Waals surface area contributed by atoms with Crippen molar-refractivity contribution >= 4 is 31.4 Å². The molecule has 0 bridgehead atoms. The Morgan fingerprint density at radius 3 is 2.76 bits per heavy atom. The summed E-state index contributed by atoms with van der Waals surface area (Å²) in [6.07, 6.45) is -0.441. The molecule has 1 aromatic heterocycles. The minimum Gasteiger partial charge on any atom is -0.356 e. The standard InChI is InChI=1S/C13H23N3O6S3/c1-4-15-11-8-16(5-6-22-9(2)21-3)25(19,20)13-10(11)7-12(23-13)24(14,17)18/h7,9,11,15H,4-6,8H2,1-3H3,(H2,14,17,18). The van der Waals surface area contributed by atoms with Crippen LogP contribution in [0.2, 0.25) is 0 Å². The maximum absolute atomic E-state index is 12.8. The highest BCUT2D eigenvalue weighted by Crippen LogP contribution is 2.39. The van der Waals surface area contributed by atoms with Gasteiger partial charge in [-0.2, -0.15) is 4.31 Å². The summed E-state index contributed by atoms with van der Waals surface area (Å²) in [5, 5.41) is 8.34. The van der Waals surface area contributed by atoms with Crippen LogP contribution in [0.15, 0.2) is 14.5 Å². The van der Waals surface area contributed by atoms with Crippen LogP contribution >= 0.6 is 11.3 Å². The van der Waals surface area contributed by atoms with Gasteiger partial charge in [0.15, 0.2) is 6.29 Å². The fourth-order valence-corrected chi connectivity index (χ4v) is 6.74. The predicted octanol–water partition coefficient (Wildman–Crippen LogP) is 0.0594. The van der Waals surface area contributed by atoms with Crippen molar-refractivity contribution in [1.82, 2.24) is 9.62 Å². The van der Waals surface area contributed by atoms with Crippen LogP contribution in [0.3, 0.4) is 0 Å². The SMILES string of the molecule is CCNC1CN(CCOC(C)OC)S(=O)(=O)c2sc(S(N)(=O)=O)cc21. The third-order valence-electron chi connectivity index (χ3n) is 3.79. The zero-order valence-corrected chi connectivity index (χ0v) is 16.7. The van der Waals surface area contributed by atoms with Crippen LogP contribution in [0.25, 0.3) is 0 Å². The zero-order chi connectivity index (χ0) is 18.8. The number of primary sulfonamides is 1. The van der Waals surface area contributed by atoms with Gasteiger partial charge in [0.25, 0.3) is 10.0 Å². The number of methoxy groups -OCH3 is 1. The number of likely N-dealkylation sites (N-methyl/N-ethyl adjacent to an activating group) is 1. The number of nitrogens with one attached hydrogen (secondary N) is 1. The first-order chi connectivity index (χ1) is 11.6. The molecule has 0 aromatic carbocycles. The maximum atomic E-state index is 12.8. The summed E-state index contributed by atoms with van der Waals surface area (Å²) < 4.78 is 60.4. The van der Waals surface area contributed by atoms with Gasteiger partial charge in [0.1, 0.15) is 8.42 Å². The lowest BCUT2D eigenvalue weighted by molar-refractivity contribution is -0.111. The van der Waals surface area contributed by atoms with Gasteiger partial charge in [-0.05, 0) is 19.5 Å². The molecule has 12 heteroatoms. The van der Waals surface area contributed by atoms with Gasteiger partial charge in [-0.25, -0.2) is 22.0 Å². The molecule has 144 valence electrons. The fraction of sp³-hybridized carbons (Fsp3) is 0.692. The maximum Gasteiger partial charge on any atom is 0.253 e. The van der Waals surface area contributed by atoms with E-state index in [2.05, 4.69) is 5.32 Å². The summed E-state index contributed by atoms with van der Waals surface area (Å²) in [4.78, 5) is 0. The van der Waals surface area contributed by atoms with E-state index in [1.54, 1.807) is 6.92 Å². The topological polar surface area (TPSA) is 128 Å². The number of hydrogen-bond donors (Lipinski definition) is 2. The Balaban J connectivity index is 2.33. The van der Waals surface area contributed by atoms with Gasteiger partial charge >= 0.3 is 0 Å². The lowest BCUT2D eigenvalue weighted by atomic mass is 10.1. The number of sulfonamides is 2. The molecule has 0 aliphatic carbocycles. The zero-order valence-electron chi connectivity index (χ0n) is 14.3. The molecule has 0 saturated heterocycles. The van der Waals surface area contributed by atoms with E-state index in [9.17, 15) is 16.8 Å². The number of nitrogens with two attached hydrogens (primary N) is 1. The first-order valence-corrected chi connectivity index (χ1v) is 11.5. The molecule has 2 unspecified atom stereocenters. The molecule has 0 amide bonds. The Kier molecular flexibility index (Phi) is 6.60. The van der Waals surface area contributed by atoms with Crippen molar-refractivity contribution < 1.29 is 26.3 Å². The largest absolute Gasteiger partial charge is 0.356 e. The lowest BCUT2D eigenvalue weighted by Gasteiger charge is -2.32. The number of hydrogen-bond acceptors (Lipinski definition) is 8. The highest BCUT2D eigenvalue weighted by Gasteiger charge is 2.39. The number of thiophene rings is 1. The normalized spacial score (nSPS) is 21.8. The Bertz CT molecular complexity index is 805. The van der Waals surface area contributed by atoms with E-state index < -0.39 is 26.3 Å². The van der Waals surface area contributed by atoms with E-state index in [0.717, 1.165) is 0 Å². The van der Waals surface area contributed by atoms with E-state index in [4.69, 9.17) is 14.6 Å². The van der Waals surface area contributed by atoms with Crippen LogP contribution in [0, 0.1) is 0 Å². The third kappa shape index (κ3) is 4.57. The number of rotatable bonds is 8. The molecule has 2 atom stereocenters. The van der Waals surface area contributed by atoms with Crippen molar-refractivity contribution in [2.75, 3.05) is 33.4 Å². The van der Waals surface area contributed by atoms with Crippen molar-refractivity contribution in [2.24, 2.45) is 5.14 Å². The van der Waals surface area contributed by atoms with E-state index in [1.165, 1.54) is 17.5 Å². The van der Waals surface area contributed by atoms with Crippen molar-refractivity contribution in [1.29, 1.82) is 0 Å². The number of ether oxygens (including phenoxy) is 2. The van der Waals surface area contributed by atoms with Gasteiger partial charge in [-0.1, -0.05) is 6.92 Å². The first-order valence-electron chi connectivity index (χ1n) is 7.65. The Morgan fingerprint density at radius 2 is 2.20 bits per heavy atom. The summed E-state index contributed by atoms with van der Waals surface area (Å²) in [6, 6.07) is 1.04. The lowest BCUT2D eigenvalue weighted by Crippen LogP contribution is -2.44. The van der Waals surface area contributed by atoms with Crippen LogP contribution in [0.1, 0.15) is 25.5 Å². The highest BCUT2D eigenvalue weighted by molar-refractivity contribution is 7.94. The summed E-state index contributed by atoms with van der Waals surface area (Å²) in [5.74, 6) is 0. The van der Waals surface area contributed by atoms with Crippen LogP contribution in [-0.4, -0.2) is 60.8 Å². The van der Waals surface area contributed by atoms with Gasteiger partial charge in [-0.15, -0.1) is 11.3 Å². The fourth-order valence-electron chi connectivity index (χ4n) is 2.49. The van der Waals surface area contributed by atoms with Crippen LogP contribution < -0.4 is 10.5 Å². The van der Waals surface area contributed by atoms with Crippen LogP contribution in [0.5, 0.6) is 0 Å². The molecule has 2 rings (SSSR count). The van der Waals surface area contributed by atoms with Crippen molar-refractivity contribution in [3.63, 3.8) is 0 Å². The monoisotopic (exact) mass is 413 g/mol. The van der Waals surface area contributed by atoms with Gasteiger partial charge in [0, 0.05) is 31.8 Å².